The molecule has 29 heavy (non-hydrogen) atoms. The number of anilines is 4. The van der Waals surface area contributed by atoms with Crippen molar-refractivity contribution in [2.75, 3.05) is 41.3 Å². The number of nitrogens with one attached hydrogen (secondary N) is 1. The van der Waals surface area contributed by atoms with Crippen LogP contribution in [0.4, 0.5) is 28.8 Å². The van der Waals surface area contributed by atoms with E-state index < -0.39 is 4.92 Å². The molecule has 1 saturated heterocycles. The minimum atomic E-state index is -0.416. The second-order valence-corrected chi connectivity index (χ2v) is 6.75. The molecule has 0 radical (unpaired) electrons. The van der Waals surface area contributed by atoms with Gasteiger partial charge in [-0.15, -0.1) is 0 Å². The number of rotatable bonds is 5. The van der Waals surface area contributed by atoms with Gasteiger partial charge >= 0.3 is 5.69 Å². The zero-order valence-corrected chi connectivity index (χ0v) is 16.0. The summed E-state index contributed by atoms with van der Waals surface area (Å²) >= 11 is 0. The summed E-state index contributed by atoms with van der Waals surface area (Å²) in [5, 5.41) is 15.0. The second-order valence-electron chi connectivity index (χ2n) is 6.75. The fourth-order valence-corrected chi connectivity index (χ4v) is 3.39. The summed E-state index contributed by atoms with van der Waals surface area (Å²) in [5.74, 6) is 1.44. The van der Waals surface area contributed by atoms with E-state index in [0.717, 1.165) is 17.1 Å². The standard InChI is InChI=1S/C20H21N7O2/c1-15-6-2-3-7-16(15)24-19-18(27(28)29)20(23-14-22-19)26-12-10-25(11-13-26)17-8-4-5-9-21-17/h2-9,14H,10-13H2,1H3,(H,22,23,24). The van der Waals surface area contributed by atoms with Crippen molar-refractivity contribution in [3.63, 3.8) is 0 Å². The number of aromatic nitrogens is 3. The topological polar surface area (TPSA) is 100 Å². The van der Waals surface area contributed by atoms with Gasteiger partial charge in [-0.1, -0.05) is 24.3 Å². The first-order chi connectivity index (χ1) is 14.1. The number of nitrogens with zero attached hydrogens (tertiary/aromatic N) is 6. The van der Waals surface area contributed by atoms with E-state index in [1.807, 2.05) is 54.3 Å². The number of piperazine rings is 1. The first-order valence-corrected chi connectivity index (χ1v) is 9.36. The molecular formula is C20H21N7O2. The maximum atomic E-state index is 11.9. The van der Waals surface area contributed by atoms with Crippen molar-refractivity contribution in [3.8, 4) is 0 Å². The fourth-order valence-electron chi connectivity index (χ4n) is 3.39. The summed E-state index contributed by atoms with van der Waals surface area (Å²) in [6.07, 6.45) is 3.13. The van der Waals surface area contributed by atoms with Gasteiger partial charge < -0.3 is 15.1 Å². The first-order valence-electron chi connectivity index (χ1n) is 9.36. The maximum Gasteiger partial charge on any atom is 0.353 e. The van der Waals surface area contributed by atoms with Crippen molar-refractivity contribution in [1.29, 1.82) is 0 Å². The van der Waals surface area contributed by atoms with E-state index in [0.29, 0.717) is 32.0 Å². The second kappa shape index (κ2) is 8.09. The molecule has 0 aliphatic carbocycles. The highest BCUT2D eigenvalue weighted by Crippen LogP contribution is 2.34. The van der Waals surface area contributed by atoms with Gasteiger partial charge in [0, 0.05) is 38.1 Å². The number of aryl methyl sites for hydroxylation is 1. The minimum Gasteiger partial charge on any atom is -0.353 e. The summed E-state index contributed by atoms with van der Waals surface area (Å²) in [6, 6.07) is 13.4. The Morgan fingerprint density at radius 3 is 2.38 bits per heavy atom. The molecule has 0 bridgehead atoms. The number of para-hydroxylation sites is 1. The molecule has 1 aromatic carbocycles. The summed E-state index contributed by atoms with van der Waals surface area (Å²) in [7, 11) is 0. The van der Waals surface area contributed by atoms with Gasteiger partial charge in [0.15, 0.2) is 0 Å². The van der Waals surface area contributed by atoms with Crippen LogP contribution >= 0.6 is 0 Å². The lowest BCUT2D eigenvalue weighted by molar-refractivity contribution is -0.383. The molecule has 0 amide bonds. The monoisotopic (exact) mass is 391 g/mol. The molecule has 3 heterocycles. The summed E-state index contributed by atoms with van der Waals surface area (Å²) in [4.78, 5) is 28.3. The molecule has 9 nitrogen and oxygen atoms in total. The van der Waals surface area contributed by atoms with Crippen molar-refractivity contribution in [2.24, 2.45) is 0 Å². The van der Waals surface area contributed by atoms with E-state index in [9.17, 15) is 10.1 Å². The van der Waals surface area contributed by atoms with Crippen LogP contribution in [0.1, 0.15) is 5.56 Å². The zero-order valence-electron chi connectivity index (χ0n) is 16.0. The van der Waals surface area contributed by atoms with Crippen molar-refractivity contribution >= 4 is 28.8 Å². The van der Waals surface area contributed by atoms with E-state index in [1.165, 1.54) is 6.33 Å². The highest BCUT2D eigenvalue weighted by molar-refractivity contribution is 5.75. The van der Waals surface area contributed by atoms with Crippen LogP contribution in [0.5, 0.6) is 0 Å². The van der Waals surface area contributed by atoms with Crippen LogP contribution in [0.3, 0.4) is 0 Å². The molecule has 4 rings (SSSR count). The lowest BCUT2D eigenvalue weighted by atomic mass is 10.2. The number of benzene rings is 1. The first kappa shape index (κ1) is 18.6. The van der Waals surface area contributed by atoms with Gasteiger partial charge in [-0.25, -0.2) is 15.0 Å². The number of pyridine rings is 1. The number of hydrogen-bond acceptors (Lipinski definition) is 8. The SMILES string of the molecule is Cc1ccccc1Nc1ncnc(N2CCN(c3ccccn3)CC2)c1[N+](=O)[O-]. The van der Waals surface area contributed by atoms with Crippen LogP contribution in [0.25, 0.3) is 0 Å². The Labute approximate surface area is 168 Å². The van der Waals surface area contributed by atoms with Gasteiger partial charge in [-0.05, 0) is 30.7 Å². The number of nitro groups is 1. The molecular weight excluding hydrogens is 370 g/mol. The molecule has 2 aromatic heterocycles. The third kappa shape index (κ3) is 3.93. The Morgan fingerprint density at radius 1 is 0.966 bits per heavy atom. The van der Waals surface area contributed by atoms with Gasteiger partial charge in [0.1, 0.15) is 12.1 Å². The summed E-state index contributed by atoms with van der Waals surface area (Å²) in [5.41, 5.74) is 1.65. The van der Waals surface area contributed by atoms with Crippen molar-refractivity contribution < 1.29 is 4.92 Å². The van der Waals surface area contributed by atoms with Gasteiger partial charge in [0.25, 0.3) is 0 Å². The van der Waals surface area contributed by atoms with Crippen molar-refractivity contribution in [2.45, 2.75) is 6.92 Å². The van der Waals surface area contributed by atoms with E-state index in [2.05, 4.69) is 25.2 Å². The smallest absolute Gasteiger partial charge is 0.353 e. The molecule has 148 valence electrons. The summed E-state index contributed by atoms with van der Waals surface area (Å²) < 4.78 is 0. The highest BCUT2D eigenvalue weighted by Gasteiger charge is 2.29. The molecule has 0 spiro atoms. The van der Waals surface area contributed by atoms with Crippen LogP contribution in [-0.4, -0.2) is 46.1 Å². The third-order valence-electron chi connectivity index (χ3n) is 4.94. The van der Waals surface area contributed by atoms with Crippen molar-refractivity contribution in [3.05, 3.63) is 70.7 Å². The Morgan fingerprint density at radius 2 is 1.69 bits per heavy atom. The Bertz CT molecular complexity index is 1000. The molecule has 0 atom stereocenters. The van der Waals surface area contributed by atoms with Crippen LogP contribution < -0.4 is 15.1 Å². The lowest BCUT2D eigenvalue weighted by Gasteiger charge is -2.35. The molecule has 1 aliphatic rings. The van der Waals surface area contributed by atoms with Gasteiger partial charge in [-0.2, -0.15) is 0 Å². The Balaban J connectivity index is 1.58. The van der Waals surface area contributed by atoms with Crippen LogP contribution in [0, 0.1) is 17.0 Å². The fraction of sp³-hybridized carbons (Fsp3) is 0.250. The van der Waals surface area contributed by atoms with Gasteiger partial charge in [-0.3, -0.25) is 10.1 Å². The predicted molar refractivity (Wildman–Crippen MR) is 112 cm³/mol. The Hall–Kier alpha value is -3.75. The van der Waals surface area contributed by atoms with Gasteiger partial charge in [0.2, 0.25) is 11.6 Å². The largest absolute Gasteiger partial charge is 0.353 e. The van der Waals surface area contributed by atoms with Crippen LogP contribution in [-0.2, 0) is 0 Å². The van der Waals surface area contributed by atoms with Crippen LogP contribution in [0.2, 0.25) is 0 Å². The average Bonchev–Trinajstić information content (AvgIpc) is 2.76. The number of hydrogen-bond donors (Lipinski definition) is 1. The Kier molecular flexibility index (Phi) is 5.19. The van der Waals surface area contributed by atoms with E-state index in [1.54, 1.807) is 6.20 Å². The zero-order chi connectivity index (χ0) is 20.2. The molecule has 9 heteroatoms. The lowest BCUT2D eigenvalue weighted by Crippen LogP contribution is -2.47. The molecule has 1 aliphatic heterocycles. The normalized spacial score (nSPS) is 14.0. The summed E-state index contributed by atoms with van der Waals surface area (Å²) in [6.45, 7) is 4.57. The average molecular weight is 391 g/mol. The third-order valence-corrected chi connectivity index (χ3v) is 4.94. The van der Waals surface area contributed by atoms with Gasteiger partial charge in [0.05, 0.1) is 4.92 Å². The molecule has 0 saturated carbocycles. The minimum absolute atomic E-state index is 0.109. The van der Waals surface area contributed by atoms with E-state index in [4.69, 9.17) is 0 Å². The molecule has 1 fully saturated rings. The van der Waals surface area contributed by atoms with Crippen molar-refractivity contribution in [1.82, 2.24) is 15.0 Å². The van der Waals surface area contributed by atoms with Crippen LogP contribution in [0.15, 0.2) is 55.0 Å². The van der Waals surface area contributed by atoms with E-state index in [-0.39, 0.29) is 11.5 Å². The van der Waals surface area contributed by atoms with E-state index >= 15 is 0 Å². The quantitative estimate of drug-likeness (QED) is 0.523. The highest BCUT2D eigenvalue weighted by atomic mass is 16.6. The molecule has 3 aromatic rings. The molecule has 0 unspecified atom stereocenters. The predicted octanol–water partition coefficient (Wildman–Crippen LogP) is 3.16. The maximum absolute atomic E-state index is 11.9. The molecule has 1 N–H and O–H groups in total.